The Bertz CT molecular complexity index is 1190. The van der Waals surface area contributed by atoms with E-state index in [1.165, 1.54) is 35.2 Å². The highest BCUT2D eigenvalue weighted by Crippen LogP contribution is 2.45. The molecule has 7 nitrogen and oxygen atoms in total. The summed E-state index contributed by atoms with van der Waals surface area (Å²) in [7, 11) is 0. The average molecular weight is 441 g/mol. The van der Waals surface area contributed by atoms with Crippen LogP contribution in [0.1, 0.15) is 59.0 Å². The van der Waals surface area contributed by atoms with Crippen molar-refractivity contribution in [2.75, 3.05) is 6.54 Å². The first-order valence-electron chi connectivity index (χ1n) is 11.5. The Kier molecular flexibility index (Phi) is 6.13. The molecular weight excluding hydrogens is 412 g/mol. The predicted molar refractivity (Wildman–Crippen MR) is 129 cm³/mol. The lowest BCUT2D eigenvalue weighted by Crippen LogP contribution is -2.15. The molecule has 0 radical (unpaired) electrons. The normalized spacial score (nSPS) is 16.8. The number of amides is 1. The van der Waals surface area contributed by atoms with Crippen molar-refractivity contribution < 1.29 is 4.79 Å². The van der Waals surface area contributed by atoms with Gasteiger partial charge in [0.05, 0.1) is 11.8 Å². The van der Waals surface area contributed by atoms with Crippen molar-refractivity contribution in [3.8, 4) is 0 Å². The van der Waals surface area contributed by atoms with E-state index in [-0.39, 0.29) is 5.91 Å². The molecule has 7 heteroatoms. The summed E-state index contributed by atoms with van der Waals surface area (Å²) in [6.45, 7) is 3.98. The van der Waals surface area contributed by atoms with Crippen LogP contribution in [-0.4, -0.2) is 33.1 Å². The molecule has 1 aromatic carbocycles. The lowest BCUT2D eigenvalue weighted by atomic mass is 9.98. The third kappa shape index (κ3) is 4.78. The average Bonchev–Trinajstić information content (AvgIpc) is 3.55. The lowest BCUT2D eigenvalue weighted by molar-refractivity contribution is -0.116. The van der Waals surface area contributed by atoms with Crippen LogP contribution in [0.3, 0.4) is 0 Å². The third-order valence-electron chi connectivity index (χ3n) is 6.19. The SMILES string of the molecule is Cc1[nH]c(C=C2C(=O)NN=C2c2cnccn2)c(C2CC2)c1CCCNCc1ccccc1. The molecule has 2 aromatic heterocycles. The number of rotatable bonds is 9. The van der Waals surface area contributed by atoms with Gasteiger partial charge >= 0.3 is 0 Å². The fourth-order valence-electron chi connectivity index (χ4n) is 4.43. The van der Waals surface area contributed by atoms with E-state index in [0.717, 1.165) is 31.6 Å². The first-order chi connectivity index (χ1) is 16.2. The summed E-state index contributed by atoms with van der Waals surface area (Å²) in [5, 5.41) is 7.75. The zero-order valence-corrected chi connectivity index (χ0v) is 18.8. The van der Waals surface area contributed by atoms with Gasteiger partial charge in [0.25, 0.3) is 5.91 Å². The monoisotopic (exact) mass is 440 g/mol. The Morgan fingerprint density at radius 1 is 1.18 bits per heavy atom. The van der Waals surface area contributed by atoms with E-state index in [2.05, 4.69) is 62.0 Å². The number of aryl methyl sites for hydroxylation is 1. The number of hydrogen-bond donors (Lipinski definition) is 3. The van der Waals surface area contributed by atoms with Gasteiger partial charge in [0.2, 0.25) is 0 Å². The molecule has 168 valence electrons. The highest BCUT2D eigenvalue weighted by atomic mass is 16.2. The van der Waals surface area contributed by atoms with Gasteiger partial charge in [-0.15, -0.1) is 0 Å². The third-order valence-corrected chi connectivity index (χ3v) is 6.19. The van der Waals surface area contributed by atoms with Crippen molar-refractivity contribution in [1.29, 1.82) is 0 Å². The summed E-state index contributed by atoms with van der Waals surface area (Å²) < 4.78 is 0. The minimum absolute atomic E-state index is 0.212. The van der Waals surface area contributed by atoms with Crippen LogP contribution < -0.4 is 10.7 Å². The second-order valence-electron chi connectivity index (χ2n) is 8.65. The van der Waals surface area contributed by atoms with E-state index >= 15 is 0 Å². The van der Waals surface area contributed by atoms with Crippen molar-refractivity contribution in [2.45, 2.75) is 45.1 Å². The number of hydrogen-bond acceptors (Lipinski definition) is 5. The summed E-state index contributed by atoms with van der Waals surface area (Å²) in [4.78, 5) is 24.5. The van der Waals surface area contributed by atoms with E-state index in [4.69, 9.17) is 0 Å². The molecule has 1 aliphatic carbocycles. The molecule has 0 atom stereocenters. The van der Waals surface area contributed by atoms with Gasteiger partial charge in [0.15, 0.2) is 0 Å². The predicted octanol–water partition coefficient (Wildman–Crippen LogP) is 3.63. The Labute approximate surface area is 193 Å². The minimum atomic E-state index is -0.212. The summed E-state index contributed by atoms with van der Waals surface area (Å²) in [6, 6.07) is 10.5. The van der Waals surface area contributed by atoms with E-state index in [1.807, 2.05) is 12.1 Å². The van der Waals surface area contributed by atoms with Crippen LogP contribution >= 0.6 is 0 Å². The first kappa shape index (κ1) is 21.3. The van der Waals surface area contributed by atoms with Crippen molar-refractivity contribution >= 4 is 17.7 Å². The van der Waals surface area contributed by atoms with Gasteiger partial charge in [-0.05, 0) is 67.8 Å². The molecule has 1 amide bonds. The Morgan fingerprint density at radius 3 is 2.79 bits per heavy atom. The number of carbonyl (C=O) groups is 1. The van der Waals surface area contributed by atoms with Gasteiger partial charge in [0.1, 0.15) is 11.4 Å². The number of aromatic nitrogens is 3. The molecule has 0 saturated heterocycles. The van der Waals surface area contributed by atoms with Crippen LogP contribution in [-0.2, 0) is 17.8 Å². The number of H-pyrrole nitrogens is 1. The van der Waals surface area contributed by atoms with Crippen molar-refractivity contribution in [2.24, 2.45) is 5.10 Å². The smallest absolute Gasteiger partial charge is 0.273 e. The van der Waals surface area contributed by atoms with Gasteiger partial charge in [0, 0.05) is 30.3 Å². The van der Waals surface area contributed by atoms with Gasteiger partial charge < -0.3 is 10.3 Å². The van der Waals surface area contributed by atoms with Crippen LogP contribution in [0.4, 0.5) is 0 Å². The molecule has 0 unspecified atom stereocenters. The zero-order valence-electron chi connectivity index (χ0n) is 18.8. The molecule has 0 spiro atoms. The maximum Gasteiger partial charge on any atom is 0.273 e. The fourth-order valence-corrected chi connectivity index (χ4v) is 4.43. The van der Waals surface area contributed by atoms with Crippen LogP contribution in [0, 0.1) is 6.92 Å². The van der Waals surface area contributed by atoms with Gasteiger partial charge in [-0.25, -0.2) is 5.43 Å². The molecule has 33 heavy (non-hydrogen) atoms. The van der Waals surface area contributed by atoms with Gasteiger partial charge in [-0.1, -0.05) is 30.3 Å². The Hall–Kier alpha value is -3.58. The second-order valence-corrected chi connectivity index (χ2v) is 8.65. The molecule has 2 aliphatic rings. The summed E-state index contributed by atoms with van der Waals surface area (Å²) in [5.41, 5.74) is 10.5. The standard InChI is InChI=1S/C26H28N6O/c1-17-20(8-5-11-27-15-18-6-3-2-4-7-18)24(19-9-10-19)22(30-17)14-21-25(31-32-26(21)33)23-16-28-12-13-29-23/h2-4,6-7,12-14,16,19,27,30H,5,8-11,15H2,1H3,(H,32,33). The summed E-state index contributed by atoms with van der Waals surface area (Å²) in [5.74, 6) is 0.353. The number of nitrogens with zero attached hydrogens (tertiary/aromatic N) is 3. The number of aromatic amines is 1. The van der Waals surface area contributed by atoms with Crippen molar-refractivity contribution in [1.82, 2.24) is 25.7 Å². The van der Waals surface area contributed by atoms with Gasteiger partial charge in [-0.2, -0.15) is 5.10 Å². The number of hydrazone groups is 1. The number of nitrogens with one attached hydrogen (secondary N) is 3. The quantitative estimate of drug-likeness (QED) is 0.350. The molecule has 1 saturated carbocycles. The number of benzene rings is 1. The highest BCUT2D eigenvalue weighted by Gasteiger charge is 2.32. The highest BCUT2D eigenvalue weighted by molar-refractivity contribution is 6.32. The van der Waals surface area contributed by atoms with Crippen LogP contribution in [0.25, 0.3) is 6.08 Å². The largest absolute Gasteiger partial charge is 0.359 e. The fraction of sp³-hybridized carbons (Fsp3) is 0.308. The molecule has 3 N–H and O–H groups in total. The Morgan fingerprint density at radius 2 is 2.03 bits per heavy atom. The van der Waals surface area contributed by atoms with Crippen molar-refractivity contribution in [3.05, 3.63) is 88.3 Å². The second kappa shape index (κ2) is 9.50. The van der Waals surface area contributed by atoms with E-state index in [1.54, 1.807) is 18.6 Å². The van der Waals surface area contributed by atoms with Gasteiger partial charge in [-0.3, -0.25) is 14.8 Å². The molecule has 1 aliphatic heterocycles. The Balaban J connectivity index is 1.32. The topological polar surface area (TPSA) is 95.1 Å². The van der Waals surface area contributed by atoms with Crippen LogP contribution in [0.2, 0.25) is 0 Å². The van der Waals surface area contributed by atoms with E-state index in [9.17, 15) is 4.79 Å². The molecule has 3 aromatic rings. The van der Waals surface area contributed by atoms with Crippen LogP contribution in [0.5, 0.6) is 0 Å². The maximum absolute atomic E-state index is 12.5. The zero-order chi connectivity index (χ0) is 22.6. The minimum Gasteiger partial charge on any atom is -0.359 e. The van der Waals surface area contributed by atoms with Crippen LogP contribution in [0.15, 0.2) is 59.6 Å². The van der Waals surface area contributed by atoms with Crippen molar-refractivity contribution in [3.63, 3.8) is 0 Å². The molecule has 3 heterocycles. The maximum atomic E-state index is 12.5. The summed E-state index contributed by atoms with van der Waals surface area (Å²) >= 11 is 0. The lowest BCUT2D eigenvalue weighted by Gasteiger charge is -2.08. The summed E-state index contributed by atoms with van der Waals surface area (Å²) in [6.07, 6.45) is 11.3. The first-order valence-corrected chi connectivity index (χ1v) is 11.5. The number of carbonyl (C=O) groups excluding carboxylic acids is 1. The van der Waals surface area contributed by atoms with E-state index in [0.29, 0.717) is 22.9 Å². The molecule has 5 rings (SSSR count). The molecule has 0 bridgehead atoms. The molecular formula is C26H28N6O. The van der Waals surface area contributed by atoms with E-state index < -0.39 is 0 Å². The molecule has 1 fully saturated rings.